The molecule has 0 rings (SSSR count). The summed E-state index contributed by atoms with van der Waals surface area (Å²) in [4.78, 5) is 48.3. The van der Waals surface area contributed by atoms with Gasteiger partial charge in [-0.3, -0.25) is 23.4 Å². The second-order valence-corrected chi connectivity index (χ2v) is 19.1. The van der Waals surface area contributed by atoms with Crippen molar-refractivity contribution >= 4 is 25.7 Å². The van der Waals surface area contributed by atoms with Crippen molar-refractivity contribution in [2.45, 2.75) is 238 Å². The maximum Gasteiger partial charge on any atom is 0.472 e. The molecule has 0 aliphatic heterocycles. The van der Waals surface area contributed by atoms with Crippen LogP contribution in [0.1, 0.15) is 226 Å². The summed E-state index contributed by atoms with van der Waals surface area (Å²) in [6.45, 7) is 4.36. The summed E-state index contributed by atoms with van der Waals surface area (Å²) >= 11 is 0. The predicted octanol–water partition coefficient (Wildman–Crippen LogP) is 15.4. The van der Waals surface area contributed by atoms with Crippen molar-refractivity contribution in [2.24, 2.45) is 0 Å². The molecule has 0 heterocycles. The Kier molecular flexibility index (Phi) is 48.0. The third-order valence-corrected chi connectivity index (χ3v) is 12.1. The molecule has 2 N–H and O–H groups in total. The number of aliphatic hydroxyl groups is 1. The van der Waals surface area contributed by atoms with E-state index in [0.717, 1.165) is 128 Å². The second kappa shape index (κ2) is 50.3. The topological polar surface area (TPSA) is 155 Å². The predicted molar refractivity (Wildman–Crippen MR) is 279 cm³/mol. The Bertz CT molecular complexity index is 1420. The van der Waals surface area contributed by atoms with E-state index in [1.165, 1.54) is 38.5 Å². The summed E-state index contributed by atoms with van der Waals surface area (Å²) in [5, 5.41) is 9.75. The van der Waals surface area contributed by atoms with Gasteiger partial charge in [0.2, 0.25) is 0 Å². The van der Waals surface area contributed by atoms with Crippen molar-refractivity contribution in [3.05, 3.63) is 72.9 Å². The molecular formula is C56H97O11P. The van der Waals surface area contributed by atoms with E-state index in [1.54, 1.807) is 0 Å². The minimum absolute atomic E-state index is 0.151. The van der Waals surface area contributed by atoms with Crippen LogP contribution in [0, 0.1) is 0 Å². The number of carbonyl (C=O) groups excluding carboxylic acids is 3. The SMILES string of the molecule is CC/C=C\C/C=C\C/C=C\CCCCCCCCCC(=O)OC(COC(=O)CCCCCCC/C=C\C/C=C\C/C=C\CC)COP(=O)(O)OCC(CO)OC(=O)CCCCCCCCCCC. The number of hydrogen-bond donors (Lipinski definition) is 2. The van der Waals surface area contributed by atoms with Gasteiger partial charge >= 0.3 is 25.7 Å². The number of phosphoric acid groups is 1. The van der Waals surface area contributed by atoms with Gasteiger partial charge in [0.1, 0.15) is 12.7 Å². The van der Waals surface area contributed by atoms with E-state index in [2.05, 4.69) is 93.7 Å². The van der Waals surface area contributed by atoms with Gasteiger partial charge in [0.15, 0.2) is 6.10 Å². The molecule has 0 aliphatic carbocycles. The van der Waals surface area contributed by atoms with E-state index in [9.17, 15) is 28.9 Å². The molecule has 0 saturated carbocycles. The number of hydrogen-bond acceptors (Lipinski definition) is 10. The molecule has 11 nitrogen and oxygen atoms in total. The van der Waals surface area contributed by atoms with Gasteiger partial charge < -0.3 is 24.2 Å². The summed E-state index contributed by atoms with van der Waals surface area (Å²) < 4.78 is 39.3. The molecule has 12 heteroatoms. The molecular weight excluding hydrogens is 880 g/mol. The first-order chi connectivity index (χ1) is 33.2. The Hall–Kier alpha value is -3.08. The first-order valence-corrected chi connectivity index (χ1v) is 28.3. The van der Waals surface area contributed by atoms with Crippen LogP contribution in [-0.2, 0) is 42.2 Å². The zero-order chi connectivity index (χ0) is 49.9. The molecule has 0 spiro atoms. The van der Waals surface area contributed by atoms with Crippen LogP contribution in [0.15, 0.2) is 72.9 Å². The molecule has 392 valence electrons. The standard InChI is InChI=1S/C56H97O11P/c1-4-7-10-13-16-19-21-23-25-26-28-30-32-35-38-41-44-47-56(60)67-53(49-63-54(58)45-42-39-36-34-31-29-27-24-22-20-17-14-11-8-5-2)51-65-68(61,62)64-50-52(48-57)66-55(59)46-43-40-37-33-18-15-12-9-6-3/h7-8,10-11,16-17,19-20,23-25,27,52-53,57H,4-6,9,12-15,18,21-22,26,28-51H2,1-3H3,(H,61,62)/b10-7-,11-8-,19-16-,20-17-,25-23-,27-24-. The highest BCUT2D eigenvalue weighted by Gasteiger charge is 2.28. The summed E-state index contributed by atoms with van der Waals surface area (Å²) in [7, 11) is -4.75. The molecule has 0 aromatic rings. The van der Waals surface area contributed by atoms with Crippen LogP contribution in [0.25, 0.3) is 0 Å². The minimum Gasteiger partial charge on any atom is -0.462 e. The second-order valence-electron chi connectivity index (χ2n) is 17.6. The molecule has 0 aromatic heterocycles. The average molecular weight is 977 g/mol. The van der Waals surface area contributed by atoms with Crippen molar-refractivity contribution in [2.75, 3.05) is 26.4 Å². The zero-order valence-electron chi connectivity index (χ0n) is 43.1. The summed E-state index contributed by atoms with van der Waals surface area (Å²) in [6, 6.07) is 0. The molecule has 0 fully saturated rings. The first-order valence-electron chi connectivity index (χ1n) is 26.8. The van der Waals surface area contributed by atoms with Gasteiger partial charge in [0.05, 0.1) is 19.8 Å². The van der Waals surface area contributed by atoms with Crippen LogP contribution >= 0.6 is 7.82 Å². The van der Waals surface area contributed by atoms with Crippen molar-refractivity contribution in [3.8, 4) is 0 Å². The molecule has 68 heavy (non-hydrogen) atoms. The van der Waals surface area contributed by atoms with Gasteiger partial charge in [-0.1, -0.05) is 196 Å². The summed E-state index contributed by atoms with van der Waals surface area (Å²) in [6.07, 6.45) is 54.4. The third kappa shape index (κ3) is 48.0. The average Bonchev–Trinajstić information content (AvgIpc) is 3.32. The quantitative estimate of drug-likeness (QED) is 0.0197. The molecule has 0 aliphatic rings. The van der Waals surface area contributed by atoms with Crippen molar-refractivity contribution in [1.29, 1.82) is 0 Å². The number of ether oxygens (including phenoxy) is 3. The minimum atomic E-state index is -4.75. The highest BCUT2D eigenvalue weighted by Crippen LogP contribution is 2.43. The Morgan fingerprint density at radius 1 is 0.426 bits per heavy atom. The molecule has 0 saturated heterocycles. The van der Waals surface area contributed by atoms with Crippen LogP contribution in [0.4, 0.5) is 0 Å². The fraction of sp³-hybridized carbons (Fsp3) is 0.732. The number of esters is 3. The third-order valence-electron chi connectivity index (χ3n) is 11.1. The largest absolute Gasteiger partial charge is 0.472 e. The monoisotopic (exact) mass is 977 g/mol. The number of rotatable bonds is 49. The summed E-state index contributed by atoms with van der Waals surface area (Å²) in [5.41, 5.74) is 0. The van der Waals surface area contributed by atoms with E-state index < -0.39 is 57.8 Å². The fourth-order valence-electron chi connectivity index (χ4n) is 7.09. The van der Waals surface area contributed by atoms with Gasteiger partial charge in [-0.25, -0.2) is 4.57 Å². The number of carbonyl (C=O) groups is 3. The van der Waals surface area contributed by atoms with Crippen LogP contribution in [-0.4, -0.2) is 66.5 Å². The van der Waals surface area contributed by atoms with Gasteiger partial charge in [-0.15, -0.1) is 0 Å². The fourth-order valence-corrected chi connectivity index (χ4v) is 7.87. The highest BCUT2D eigenvalue weighted by atomic mass is 31.2. The Labute approximate surface area is 414 Å². The lowest BCUT2D eigenvalue weighted by atomic mass is 10.1. The smallest absolute Gasteiger partial charge is 0.462 e. The number of unbranched alkanes of at least 4 members (excludes halogenated alkanes) is 20. The first kappa shape index (κ1) is 64.9. The van der Waals surface area contributed by atoms with E-state index in [-0.39, 0.29) is 25.9 Å². The molecule has 0 radical (unpaired) electrons. The molecule has 3 atom stereocenters. The molecule has 0 aromatic carbocycles. The molecule has 3 unspecified atom stereocenters. The van der Waals surface area contributed by atoms with Gasteiger partial charge in [0.25, 0.3) is 0 Å². The Balaban J connectivity index is 4.78. The lowest BCUT2D eigenvalue weighted by Gasteiger charge is -2.21. The van der Waals surface area contributed by atoms with E-state index in [0.29, 0.717) is 19.3 Å². The van der Waals surface area contributed by atoms with Crippen LogP contribution < -0.4 is 0 Å². The van der Waals surface area contributed by atoms with Gasteiger partial charge in [-0.2, -0.15) is 0 Å². The zero-order valence-corrected chi connectivity index (χ0v) is 43.9. The number of phosphoric ester groups is 1. The van der Waals surface area contributed by atoms with Crippen LogP contribution in [0.3, 0.4) is 0 Å². The Morgan fingerprint density at radius 2 is 0.765 bits per heavy atom. The van der Waals surface area contributed by atoms with Crippen molar-refractivity contribution in [3.63, 3.8) is 0 Å². The molecule has 0 amide bonds. The van der Waals surface area contributed by atoms with E-state index >= 15 is 0 Å². The van der Waals surface area contributed by atoms with E-state index in [4.69, 9.17) is 23.3 Å². The van der Waals surface area contributed by atoms with Gasteiger partial charge in [0, 0.05) is 19.3 Å². The van der Waals surface area contributed by atoms with Crippen LogP contribution in [0.2, 0.25) is 0 Å². The van der Waals surface area contributed by atoms with Crippen molar-refractivity contribution in [1.82, 2.24) is 0 Å². The molecule has 0 bridgehead atoms. The highest BCUT2D eigenvalue weighted by molar-refractivity contribution is 7.47. The van der Waals surface area contributed by atoms with Crippen LogP contribution in [0.5, 0.6) is 0 Å². The lowest BCUT2D eigenvalue weighted by molar-refractivity contribution is -0.161. The van der Waals surface area contributed by atoms with Crippen molar-refractivity contribution < 1.29 is 52.2 Å². The number of aliphatic hydroxyl groups excluding tert-OH is 1. The normalized spacial score (nSPS) is 14.0. The lowest BCUT2D eigenvalue weighted by Crippen LogP contribution is -2.30. The van der Waals surface area contributed by atoms with E-state index in [1.807, 2.05) is 0 Å². The maximum atomic E-state index is 12.9. The number of allylic oxidation sites excluding steroid dienone is 12. The summed E-state index contributed by atoms with van der Waals surface area (Å²) in [5.74, 6) is -1.50. The maximum absolute atomic E-state index is 12.9. The Morgan fingerprint density at radius 3 is 1.18 bits per heavy atom. The van der Waals surface area contributed by atoms with Gasteiger partial charge in [-0.05, 0) is 83.5 Å².